The molecule has 0 amide bonds. The summed E-state index contributed by atoms with van der Waals surface area (Å²) >= 11 is 1.47. The number of aliphatic hydroxyl groups is 1. The highest BCUT2D eigenvalue weighted by Gasteiger charge is 2.26. The van der Waals surface area contributed by atoms with Crippen molar-refractivity contribution in [1.29, 1.82) is 0 Å². The summed E-state index contributed by atoms with van der Waals surface area (Å²) in [7, 11) is 0. The van der Waals surface area contributed by atoms with E-state index in [1.807, 2.05) is 37.3 Å². The Labute approximate surface area is 135 Å². The number of β-amino-alcohol motifs (C(OH)–C–C–N with tert-alkyl or cyclic N) is 1. The lowest BCUT2D eigenvalue weighted by molar-refractivity contribution is 0.115. The van der Waals surface area contributed by atoms with Crippen LogP contribution in [0.5, 0.6) is 0 Å². The van der Waals surface area contributed by atoms with Gasteiger partial charge < -0.3 is 10.0 Å². The number of nitrogens with zero attached hydrogens (tertiary/aromatic N) is 4. The molecule has 3 rings (SSSR count). The normalized spacial score (nSPS) is 21.0. The number of hydrogen-bond acceptors (Lipinski definition) is 6. The molecule has 1 aliphatic rings. The first-order chi connectivity index (χ1) is 10.6. The van der Waals surface area contributed by atoms with E-state index in [-0.39, 0.29) is 6.10 Å². The first-order valence-electron chi connectivity index (χ1n) is 7.69. The molecule has 0 saturated carbocycles. The van der Waals surface area contributed by atoms with E-state index >= 15 is 0 Å². The van der Waals surface area contributed by atoms with E-state index in [1.165, 1.54) is 11.5 Å². The minimum atomic E-state index is -0.273. The lowest BCUT2D eigenvalue weighted by Crippen LogP contribution is -2.53. The zero-order valence-corrected chi connectivity index (χ0v) is 13.8. The summed E-state index contributed by atoms with van der Waals surface area (Å²) in [5.41, 5.74) is 1.06. The van der Waals surface area contributed by atoms with Crippen LogP contribution in [0, 0.1) is 0 Å². The fourth-order valence-corrected chi connectivity index (χ4v) is 3.71. The molecule has 0 bridgehead atoms. The van der Waals surface area contributed by atoms with Crippen LogP contribution in [0.15, 0.2) is 30.3 Å². The summed E-state index contributed by atoms with van der Waals surface area (Å²) in [5, 5.41) is 10.5. The molecule has 22 heavy (non-hydrogen) atoms. The van der Waals surface area contributed by atoms with Crippen LogP contribution in [0.2, 0.25) is 0 Å². The van der Waals surface area contributed by atoms with Crippen LogP contribution in [0.4, 0.5) is 5.13 Å². The number of anilines is 1. The topological polar surface area (TPSA) is 52.5 Å². The molecule has 2 atom stereocenters. The monoisotopic (exact) mass is 318 g/mol. The molecular formula is C16H22N4OS. The molecule has 6 heteroatoms. The second-order valence-corrected chi connectivity index (χ2v) is 6.65. The van der Waals surface area contributed by atoms with E-state index in [0.717, 1.165) is 42.7 Å². The molecule has 118 valence electrons. The molecule has 2 unspecified atom stereocenters. The third kappa shape index (κ3) is 3.45. The number of hydrogen-bond donors (Lipinski definition) is 1. The van der Waals surface area contributed by atoms with E-state index < -0.39 is 0 Å². The molecule has 1 N–H and O–H groups in total. The summed E-state index contributed by atoms with van der Waals surface area (Å²) < 4.78 is 4.50. The minimum Gasteiger partial charge on any atom is -0.392 e. The number of rotatable bonds is 4. The SMILES string of the molecule is CC(O)CN1CCN(c2nc(-c3ccccc3)ns2)C(C)C1. The Morgan fingerprint density at radius 2 is 2.09 bits per heavy atom. The largest absolute Gasteiger partial charge is 0.392 e. The van der Waals surface area contributed by atoms with Gasteiger partial charge in [-0.15, -0.1) is 0 Å². The predicted molar refractivity (Wildman–Crippen MR) is 90.3 cm³/mol. The highest BCUT2D eigenvalue weighted by Crippen LogP contribution is 2.26. The van der Waals surface area contributed by atoms with Crippen molar-refractivity contribution < 1.29 is 5.11 Å². The number of benzene rings is 1. The first kappa shape index (κ1) is 15.4. The molecule has 1 aliphatic heterocycles. The van der Waals surface area contributed by atoms with Crippen molar-refractivity contribution in [3.8, 4) is 11.4 Å². The van der Waals surface area contributed by atoms with Gasteiger partial charge in [0, 0.05) is 49.3 Å². The van der Waals surface area contributed by atoms with Gasteiger partial charge in [-0.25, -0.2) is 0 Å². The molecule has 1 fully saturated rings. The quantitative estimate of drug-likeness (QED) is 0.935. The van der Waals surface area contributed by atoms with Crippen molar-refractivity contribution in [2.24, 2.45) is 0 Å². The Hall–Kier alpha value is -1.50. The Morgan fingerprint density at radius 3 is 2.77 bits per heavy atom. The van der Waals surface area contributed by atoms with Crippen molar-refractivity contribution in [1.82, 2.24) is 14.3 Å². The highest BCUT2D eigenvalue weighted by atomic mass is 32.1. The van der Waals surface area contributed by atoms with Gasteiger partial charge in [0.2, 0.25) is 5.13 Å². The van der Waals surface area contributed by atoms with Crippen LogP contribution >= 0.6 is 11.5 Å². The van der Waals surface area contributed by atoms with Gasteiger partial charge >= 0.3 is 0 Å². The average molecular weight is 318 g/mol. The van der Waals surface area contributed by atoms with E-state index in [2.05, 4.69) is 21.1 Å². The second kappa shape index (κ2) is 6.73. The highest BCUT2D eigenvalue weighted by molar-refractivity contribution is 7.09. The van der Waals surface area contributed by atoms with Gasteiger partial charge in [0.15, 0.2) is 5.82 Å². The second-order valence-electron chi connectivity index (χ2n) is 5.92. The fraction of sp³-hybridized carbons (Fsp3) is 0.500. The summed E-state index contributed by atoms with van der Waals surface area (Å²) in [4.78, 5) is 9.34. The van der Waals surface area contributed by atoms with Crippen LogP contribution in [0.3, 0.4) is 0 Å². The third-order valence-corrected chi connectivity index (χ3v) is 4.68. The number of piperazine rings is 1. The van der Waals surface area contributed by atoms with E-state index in [9.17, 15) is 5.11 Å². The molecule has 2 aromatic rings. The Morgan fingerprint density at radius 1 is 1.32 bits per heavy atom. The van der Waals surface area contributed by atoms with Crippen LogP contribution in [0.25, 0.3) is 11.4 Å². The lowest BCUT2D eigenvalue weighted by Gasteiger charge is -2.39. The summed E-state index contributed by atoms with van der Waals surface area (Å²) in [5.74, 6) is 0.805. The maximum absolute atomic E-state index is 9.53. The van der Waals surface area contributed by atoms with E-state index in [0.29, 0.717) is 6.04 Å². The Bertz CT molecular complexity index is 601. The molecular weight excluding hydrogens is 296 g/mol. The van der Waals surface area contributed by atoms with Crippen molar-refractivity contribution >= 4 is 16.7 Å². The van der Waals surface area contributed by atoms with Gasteiger partial charge in [0.05, 0.1) is 6.10 Å². The van der Waals surface area contributed by atoms with Crippen molar-refractivity contribution in [2.45, 2.75) is 26.0 Å². The van der Waals surface area contributed by atoms with Crippen LogP contribution < -0.4 is 4.90 Å². The predicted octanol–water partition coefficient (Wildman–Crippen LogP) is 2.10. The van der Waals surface area contributed by atoms with Gasteiger partial charge in [0.25, 0.3) is 0 Å². The van der Waals surface area contributed by atoms with Crippen LogP contribution in [-0.2, 0) is 0 Å². The van der Waals surface area contributed by atoms with Gasteiger partial charge in [-0.1, -0.05) is 30.3 Å². The van der Waals surface area contributed by atoms with Crippen molar-refractivity contribution in [3.05, 3.63) is 30.3 Å². The molecule has 0 aliphatic carbocycles. The molecule has 0 spiro atoms. The minimum absolute atomic E-state index is 0.273. The molecule has 0 radical (unpaired) electrons. The van der Waals surface area contributed by atoms with Crippen molar-refractivity contribution in [2.75, 3.05) is 31.1 Å². The molecule has 1 aromatic carbocycles. The average Bonchev–Trinajstić information content (AvgIpc) is 2.97. The smallest absolute Gasteiger partial charge is 0.205 e. The maximum atomic E-state index is 9.53. The summed E-state index contributed by atoms with van der Waals surface area (Å²) in [6, 6.07) is 10.5. The van der Waals surface area contributed by atoms with Crippen molar-refractivity contribution in [3.63, 3.8) is 0 Å². The zero-order valence-electron chi connectivity index (χ0n) is 13.0. The maximum Gasteiger partial charge on any atom is 0.205 e. The first-order valence-corrected chi connectivity index (χ1v) is 8.47. The van der Waals surface area contributed by atoms with E-state index in [1.54, 1.807) is 0 Å². The van der Waals surface area contributed by atoms with Gasteiger partial charge in [-0.3, -0.25) is 4.90 Å². The van der Waals surface area contributed by atoms with E-state index in [4.69, 9.17) is 4.98 Å². The molecule has 1 saturated heterocycles. The fourth-order valence-electron chi connectivity index (χ4n) is 2.89. The standard InChI is InChI=1S/C16H22N4OS/c1-12-10-19(11-13(2)21)8-9-20(12)16-17-15(18-22-16)14-6-4-3-5-7-14/h3-7,12-13,21H,8-11H2,1-2H3. The van der Waals surface area contributed by atoms with Gasteiger partial charge in [-0.2, -0.15) is 9.36 Å². The van der Waals surface area contributed by atoms with Crippen LogP contribution in [0.1, 0.15) is 13.8 Å². The Balaban J connectivity index is 1.69. The molecule has 1 aromatic heterocycles. The van der Waals surface area contributed by atoms with Gasteiger partial charge in [0.1, 0.15) is 0 Å². The van der Waals surface area contributed by atoms with Gasteiger partial charge in [-0.05, 0) is 13.8 Å². The lowest BCUT2D eigenvalue weighted by atomic mass is 10.2. The molecule has 2 heterocycles. The zero-order chi connectivity index (χ0) is 15.5. The third-order valence-electron chi connectivity index (χ3n) is 3.93. The summed E-state index contributed by atoms with van der Waals surface area (Å²) in [6.45, 7) is 7.62. The Kier molecular flexibility index (Phi) is 4.71. The molecule has 5 nitrogen and oxygen atoms in total. The summed E-state index contributed by atoms with van der Waals surface area (Å²) in [6.07, 6.45) is -0.273. The number of aromatic nitrogens is 2. The van der Waals surface area contributed by atoms with Crippen LogP contribution in [-0.4, -0.2) is 57.7 Å². The number of aliphatic hydroxyl groups excluding tert-OH is 1.